The highest BCUT2D eigenvalue weighted by molar-refractivity contribution is 6.24. The van der Waals surface area contributed by atoms with Crippen molar-refractivity contribution in [3.8, 4) is 5.75 Å². The zero-order chi connectivity index (χ0) is 38.3. The van der Waals surface area contributed by atoms with E-state index in [4.69, 9.17) is 9.47 Å². The van der Waals surface area contributed by atoms with E-state index in [2.05, 4.69) is 5.32 Å². The van der Waals surface area contributed by atoms with E-state index in [1.165, 1.54) is 0 Å². The van der Waals surface area contributed by atoms with Gasteiger partial charge in [0.05, 0.1) is 30.4 Å². The lowest BCUT2D eigenvalue weighted by atomic mass is 9.65. The van der Waals surface area contributed by atoms with E-state index in [9.17, 15) is 24.6 Å². The summed E-state index contributed by atoms with van der Waals surface area (Å²) in [5.74, 6) is -4.45. The maximum Gasteiger partial charge on any atom is 0.329 e. The summed E-state index contributed by atoms with van der Waals surface area (Å²) in [5.41, 5.74) is 1.04. The number of nitrogens with zero attached hydrogens (tertiary/aromatic N) is 2. The topological polar surface area (TPSA) is 146 Å². The predicted molar refractivity (Wildman–Crippen MR) is 202 cm³/mol. The number of morpholine rings is 1. The van der Waals surface area contributed by atoms with Crippen LogP contribution in [-0.2, 0) is 24.5 Å². The van der Waals surface area contributed by atoms with Gasteiger partial charge >= 0.3 is 18.0 Å². The van der Waals surface area contributed by atoms with Gasteiger partial charge in [0.1, 0.15) is 35.8 Å². The number of anilines is 1. The van der Waals surface area contributed by atoms with Crippen LogP contribution in [0.25, 0.3) is 0 Å². The molecule has 0 unspecified atom stereocenters. The maximum atomic E-state index is 15.8. The Kier molecular flexibility index (Phi) is 9.42. The number of para-hydroxylation sites is 2. The number of benzene rings is 5. The first-order chi connectivity index (χ1) is 26.8. The number of carbonyl (C=O) groups is 4. The van der Waals surface area contributed by atoms with Gasteiger partial charge < -0.3 is 25.0 Å². The van der Waals surface area contributed by atoms with E-state index in [0.717, 1.165) is 16.0 Å². The van der Waals surface area contributed by atoms with Gasteiger partial charge in [0.2, 0.25) is 5.91 Å². The first-order valence-electron chi connectivity index (χ1n) is 18.2. The highest BCUT2D eigenvalue weighted by atomic mass is 16.6. The Balaban J connectivity index is 1.40. The largest absolute Gasteiger partial charge is 0.491 e. The Hall–Kier alpha value is -6.30. The van der Waals surface area contributed by atoms with Gasteiger partial charge in [-0.1, -0.05) is 127 Å². The van der Waals surface area contributed by atoms with Gasteiger partial charge in [0, 0.05) is 5.56 Å². The fourth-order valence-corrected chi connectivity index (χ4v) is 8.88. The average molecular weight is 738 g/mol. The summed E-state index contributed by atoms with van der Waals surface area (Å²) in [5, 5.41) is 24.2. The van der Waals surface area contributed by atoms with Crippen molar-refractivity contribution in [3.05, 3.63) is 167 Å². The van der Waals surface area contributed by atoms with Gasteiger partial charge in [-0.3, -0.25) is 19.3 Å². The van der Waals surface area contributed by atoms with Gasteiger partial charge in [-0.15, -0.1) is 0 Å². The zero-order valence-electron chi connectivity index (χ0n) is 29.9. The number of hydrogen-bond donors (Lipinski definition) is 3. The minimum atomic E-state index is -2.06. The van der Waals surface area contributed by atoms with E-state index in [1.807, 2.05) is 91.0 Å². The Morgan fingerprint density at radius 1 is 0.800 bits per heavy atom. The molecule has 5 aromatic rings. The van der Waals surface area contributed by atoms with Crippen molar-refractivity contribution in [1.82, 2.24) is 10.2 Å². The second kappa shape index (κ2) is 14.5. The molecular formula is C44H39N3O8. The molecule has 7 atom stereocenters. The number of rotatable bonds is 9. The number of urea groups is 1. The van der Waals surface area contributed by atoms with Crippen molar-refractivity contribution < 1.29 is 38.9 Å². The molecule has 55 heavy (non-hydrogen) atoms. The maximum absolute atomic E-state index is 15.8. The lowest BCUT2D eigenvalue weighted by molar-refractivity contribution is -0.179. The summed E-state index contributed by atoms with van der Waals surface area (Å²) in [4.78, 5) is 61.7. The SMILES string of the molecule is C[C@@H](NC(=O)N1C(=O)[C@@]2(c3ccccc31)[C@H](c1ccccc1OCCO)N1[C@H](c3ccccc3)[C@H](c3ccccc3)OC(=O)[C@H]1[C@@H]2C(=O)O)c1ccccc1. The first-order valence-corrected chi connectivity index (χ1v) is 18.2. The highest BCUT2D eigenvalue weighted by Crippen LogP contribution is 2.66. The lowest BCUT2D eigenvalue weighted by Crippen LogP contribution is -2.54. The minimum absolute atomic E-state index is 0.0875. The van der Waals surface area contributed by atoms with Gasteiger partial charge in [0.15, 0.2) is 0 Å². The summed E-state index contributed by atoms with van der Waals surface area (Å²) in [6.07, 6.45) is -0.914. The van der Waals surface area contributed by atoms with Crippen LogP contribution < -0.4 is 15.0 Å². The molecule has 2 fully saturated rings. The van der Waals surface area contributed by atoms with E-state index in [1.54, 1.807) is 60.4 Å². The molecule has 3 N–H and O–H groups in total. The number of fused-ring (bicyclic) bond motifs is 3. The minimum Gasteiger partial charge on any atom is -0.491 e. The molecular weight excluding hydrogens is 698 g/mol. The molecule has 5 aromatic carbocycles. The molecule has 0 aliphatic carbocycles. The molecule has 0 aromatic heterocycles. The average Bonchev–Trinajstić information content (AvgIpc) is 3.67. The van der Waals surface area contributed by atoms with Gasteiger partial charge in [-0.2, -0.15) is 0 Å². The van der Waals surface area contributed by atoms with Gasteiger partial charge in [-0.05, 0) is 41.3 Å². The third kappa shape index (κ3) is 5.74. The normalized spacial score (nSPS) is 24.8. The quantitative estimate of drug-likeness (QED) is 0.149. The van der Waals surface area contributed by atoms with Crippen molar-refractivity contribution >= 4 is 29.6 Å². The number of ether oxygens (including phenoxy) is 2. The number of aliphatic carboxylic acids is 1. The van der Waals surface area contributed by atoms with Crippen molar-refractivity contribution in [2.45, 2.75) is 42.6 Å². The van der Waals surface area contributed by atoms with E-state index < -0.39 is 65.5 Å². The summed E-state index contributed by atoms with van der Waals surface area (Å²) in [7, 11) is 0. The fourth-order valence-electron chi connectivity index (χ4n) is 8.88. The van der Waals surface area contributed by atoms with E-state index >= 15 is 4.79 Å². The lowest BCUT2D eigenvalue weighted by Gasteiger charge is -2.46. The molecule has 0 radical (unpaired) electrons. The van der Waals surface area contributed by atoms with Crippen molar-refractivity contribution in [2.75, 3.05) is 18.1 Å². The van der Waals surface area contributed by atoms with Crippen LogP contribution >= 0.6 is 0 Å². The molecule has 3 aliphatic heterocycles. The standard InChI is InChI=1S/C44H39N3O8/c1-27(28-15-5-2-6-16-28)45-43(53)46-33-23-13-12-22-32(33)44(42(46)52)35(40(49)50)37-41(51)55-38(30-19-9-4-10-20-30)36(29-17-7-3-8-18-29)47(37)39(44)31-21-11-14-24-34(31)54-26-25-48/h2-24,27,35-39,48H,25-26H2,1H3,(H,45,53)(H,49,50)/t27-,35-,36-,37-,38+,39+,44-/m1/s1. The summed E-state index contributed by atoms with van der Waals surface area (Å²) >= 11 is 0. The van der Waals surface area contributed by atoms with Crippen LogP contribution in [0.1, 0.15) is 59.0 Å². The molecule has 0 bridgehead atoms. The summed E-state index contributed by atoms with van der Waals surface area (Å²) < 4.78 is 12.4. The fraction of sp³-hybridized carbons (Fsp3) is 0.227. The monoisotopic (exact) mass is 737 g/mol. The number of hydrogen-bond acceptors (Lipinski definition) is 8. The number of carboxylic acid groups (broad SMARTS) is 1. The number of amides is 3. The third-order valence-electron chi connectivity index (χ3n) is 11.0. The number of imide groups is 1. The predicted octanol–water partition coefficient (Wildman–Crippen LogP) is 6.28. The molecule has 11 nitrogen and oxygen atoms in total. The molecule has 2 saturated heterocycles. The second-order valence-corrected chi connectivity index (χ2v) is 14.0. The Labute approximate surface area is 317 Å². The molecule has 278 valence electrons. The summed E-state index contributed by atoms with van der Waals surface area (Å²) in [6.45, 7) is 1.40. The molecule has 3 aliphatic rings. The zero-order valence-corrected chi connectivity index (χ0v) is 29.9. The number of cyclic esters (lactones) is 1. The van der Waals surface area contributed by atoms with Gasteiger partial charge in [0.25, 0.3) is 0 Å². The van der Waals surface area contributed by atoms with Crippen LogP contribution in [0.3, 0.4) is 0 Å². The smallest absolute Gasteiger partial charge is 0.329 e. The number of nitrogens with one attached hydrogen (secondary N) is 1. The molecule has 3 amide bonds. The first kappa shape index (κ1) is 35.7. The van der Waals surface area contributed by atoms with Crippen molar-refractivity contribution in [3.63, 3.8) is 0 Å². The molecule has 3 heterocycles. The van der Waals surface area contributed by atoms with Crippen LogP contribution in [0.15, 0.2) is 140 Å². The van der Waals surface area contributed by atoms with Crippen LogP contribution in [-0.4, -0.2) is 58.2 Å². The molecule has 11 heteroatoms. The van der Waals surface area contributed by atoms with Crippen LogP contribution in [0.4, 0.5) is 10.5 Å². The second-order valence-electron chi connectivity index (χ2n) is 14.0. The molecule has 1 spiro atoms. The van der Waals surface area contributed by atoms with Crippen LogP contribution in [0.2, 0.25) is 0 Å². The van der Waals surface area contributed by atoms with Gasteiger partial charge in [-0.25, -0.2) is 9.69 Å². The number of aliphatic hydroxyl groups excluding tert-OH is 1. The van der Waals surface area contributed by atoms with Crippen molar-refractivity contribution in [1.29, 1.82) is 0 Å². The highest BCUT2D eigenvalue weighted by Gasteiger charge is 2.76. The third-order valence-corrected chi connectivity index (χ3v) is 11.0. The van der Waals surface area contributed by atoms with Crippen LogP contribution in [0, 0.1) is 5.92 Å². The van der Waals surface area contributed by atoms with Crippen LogP contribution in [0.5, 0.6) is 5.75 Å². The summed E-state index contributed by atoms with van der Waals surface area (Å²) in [6, 6.07) is 36.7. The van der Waals surface area contributed by atoms with E-state index in [0.29, 0.717) is 16.9 Å². The molecule has 0 saturated carbocycles. The number of carboxylic acids is 1. The molecule has 8 rings (SSSR count). The number of esters is 1. The van der Waals surface area contributed by atoms with Crippen molar-refractivity contribution in [2.24, 2.45) is 5.92 Å². The van der Waals surface area contributed by atoms with E-state index in [-0.39, 0.29) is 24.5 Å². The Morgan fingerprint density at radius 2 is 1.40 bits per heavy atom. The Bertz CT molecular complexity index is 2240. The number of carbonyl (C=O) groups excluding carboxylic acids is 3. The Morgan fingerprint density at radius 3 is 2.07 bits per heavy atom. The number of aliphatic hydroxyl groups is 1.